The number of benzene rings is 1. The van der Waals surface area contributed by atoms with Crippen molar-refractivity contribution in [2.24, 2.45) is 0 Å². The van der Waals surface area contributed by atoms with Crippen LogP contribution in [0.1, 0.15) is 21.5 Å². The summed E-state index contributed by atoms with van der Waals surface area (Å²) in [6, 6.07) is 5.73. The van der Waals surface area contributed by atoms with Gasteiger partial charge in [-0.1, -0.05) is 12.1 Å². The Hall–Kier alpha value is -2.19. The number of carboxylic acid groups (broad SMARTS) is 1. The lowest BCUT2D eigenvalue weighted by Crippen LogP contribution is -2.24. The van der Waals surface area contributed by atoms with E-state index in [1.165, 1.54) is 30.5 Å². The van der Waals surface area contributed by atoms with Crippen molar-refractivity contribution in [1.82, 2.24) is 14.9 Å². The number of aromatic carboxylic acids is 1. The molecule has 2 aromatic rings. The van der Waals surface area contributed by atoms with Crippen LogP contribution in [-0.4, -0.2) is 29.7 Å². The van der Waals surface area contributed by atoms with Crippen molar-refractivity contribution in [2.75, 3.05) is 0 Å². The van der Waals surface area contributed by atoms with Gasteiger partial charge in [-0.25, -0.2) is 17.9 Å². The van der Waals surface area contributed by atoms with Gasteiger partial charge in [0.25, 0.3) is 0 Å². The molecule has 1 aromatic heterocycles. The molecule has 0 aliphatic carbocycles. The number of hydrogen-bond donors (Lipinski definition) is 3. The Kier molecular flexibility index (Phi) is 4.16. The van der Waals surface area contributed by atoms with E-state index in [1.807, 2.05) is 0 Å². The van der Waals surface area contributed by atoms with Crippen LogP contribution >= 0.6 is 0 Å². The molecule has 7 nitrogen and oxygen atoms in total. The van der Waals surface area contributed by atoms with Crippen molar-refractivity contribution in [3.05, 3.63) is 53.3 Å². The third-order valence-corrected chi connectivity index (χ3v) is 3.91. The lowest BCUT2D eigenvalue weighted by atomic mass is 10.1. The number of rotatable bonds is 6. The van der Waals surface area contributed by atoms with Gasteiger partial charge in [0.15, 0.2) is 0 Å². The second kappa shape index (κ2) is 5.85. The monoisotopic (exact) mass is 295 g/mol. The van der Waals surface area contributed by atoms with Gasteiger partial charge in [0, 0.05) is 18.3 Å². The number of H-pyrrole nitrogens is 1. The van der Waals surface area contributed by atoms with Crippen LogP contribution in [0.15, 0.2) is 36.7 Å². The van der Waals surface area contributed by atoms with Gasteiger partial charge in [0.05, 0.1) is 17.5 Å². The van der Waals surface area contributed by atoms with Gasteiger partial charge in [-0.2, -0.15) is 5.10 Å². The van der Waals surface area contributed by atoms with Gasteiger partial charge in [-0.3, -0.25) is 5.10 Å². The quantitative estimate of drug-likeness (QED) is 0.727. The van der Waals surface area contributed by atoms with Crippen LogP contribution in [0.3, 0.4) is 0 Å². The lowest BCUT2D eigenvalue weighted by molar-refractivity contribution is 0.0697. The number of nitrogens with one attached hydrogen (secondary N) is 2. The molecule has 3 N–H and O–H groups in total. The Bertz CT molecular complexity index is 678. The van der Waals surface area contributed by atoms with E-state index in [2.05, 4.69) is 14.9 Å². The molecule has 1 heterocycles. The second-order valence-electron chi connectivity index (χ2n) is 4.19. The van der Waals surface area contributed by atoms with Gasteiger partial charge < -0.3 is 5.11 Å². The number of aromatic nitrogens is 2. The van der Waals surface area contributed by atoms with E-state index < -0.39 is 16.0 Å². The summed E-state index contributed by atoms with van der Waals surface area (Å²) in [5.74, 6) is -1.25. The van der Waals surface area contributed by atoms with Crippen LogP contribution in [0.25, 0.3) is 0 Å². The molecule has 0 unspecified atom stereocenters. The summed E-state index contributed by atoms with van der Waals surface area (Å²) < 4.78 is 26.2. The predicted molar refractivity (Wildman–Crippen MR) is 71.5 cm³/mol. The fourth-order valence-electron chi connectivity index (χ4n) is 1.58. The smallest absolute Gasteiger partial charge is 0.335 e. The predicted octanol–water partition coefficient (Wildman–Crippen LogP) is 0.727. The Morgan fingerprint density at radius 2 is 1.95 bits per heavy atom. The molecule has 0 atom stereocenters. The van der Waals surface area contributed by atoms with Crippen LogP contribution < -0.4 is 4.72 Å². The number of sulfonamides is 1. The Labute approximate surface area is 115 Å². The molecule has 8 heteroatoms. The van der Waals surface area contributed by atoms with Crippen molar-refractivity contribution in [3.63, 3.8) is 0 Å². The normalized spacial score (nSPS) is 11.4. The van der Waals surface area contributed by atoms with Crippen LogP contribution in [0, 0.1) is 0 Å². The standard InChI is InChI=1S/C12H13N3O4S/c16-12(17)11-3-1-9(2-4-11)8-20(18,19)15-7-10-5-13-14-6-10/h1-6,15H,7-8H2,(H,13,14)(H,16,17). The molecule has 0 spiro atoms. The molecule has 2 rings (SSSR count). The van der Waals surface area contributed by atoms with Crippen LogP contribution in [0.2, 0.25) is 0 Å². The summed E-state index contributed by atoms with van der Waals surface area (Å²) in [5, 5.41) is 15.1. The SMILES string of the molecule is O=C(O)c1ccc(CS(=O)(=O)NCc2cn[nH]c2)cc1. The zero-order valence-corrected chi connectivity index (χ0v) is 11.2. The molecule has 20 heavy (non-hydrogen) atoms. The number of hydrogen-bond acceptors (Lipinski definition) is 4. The first kappa shape index (κ1) is 14.2. The first-order valence-corrected chi connectivity index (χ1v) is 7.39. The second-order valence-corrected chi connectivity index (χ2v) is 6.00. The number of carboxylic acids is 1. The molecule has 1 aromatic carbocycles. The first-order valence-electron chi connectivity index (χ1n) is 5.73. The van der Waals surface area contributed by atoms with Crippen LogP contribution in [0.4, 0.5) is 0 Å². The molecular formula is C12H13N3O4S. The van der Waals surface area contributed by atoms with Crippen LogP contribution in [0.5, 0.6) is 0 Å². The minimum absolute atomic E-state index is 0.123. The number of aromatic amines is 1. The highest BCUT2D eigenvalue weighted by Gasteiger charge is 2.12. The summed E-state index contributed by atoms with van der Waals surface area (Å²) >= 11 is 0. The summed E-state index contributed by atoms with van der Waals surface area (Å²) in [6.45, 7) is 0.159. The van der Waals surface area contributed by atoms with Gasteiger partial charge in [0.2, 0.25) is 10.0 Å². The van der Waals surface area contributed by atoms with Gasteiger partial charge >= 0.3 is 5.97 Å². The molecule has 106 valence electrons. The molecule has 0 aliphatic rings. The minimum atomic E-state index is -3.48. The summed E-state index contributed by atoms with van der Waals surface area (Å²) in [5.41, 5.74) is 1.38. The minimum Gasteiger partial charge on any atom is -0.478 e. The summed E-state index contributed by atoms with van der Waals surface area (Å²) in [7, 11) is -3.48. The van der Waals surface area contributed by atoms with Crippen molar-refractivity contribution in [3.8, 4) is 0 Å². The maximum Gasteiger partial charge on any atom is 0.335 e. The highest BCUT2D eigenvalue weighted by Crippen LogP contribution is 2.08. The first-order chi connectivity index (χ1) is 9.46. The van der Waals surface area contributed by atoms with Crippen molar-refractivity contribution < 1.29 is 18.3 Å². The highest BCUT2D eigenvalue weighted by molar-refractivity contribution is 7.88. The van der Waals surface area contributed by atoms with E-state index in [9.17, 15) is 13.2 Å². The van der Waals surface area contributed by atoms with Crippen LogP contribution in [-0.2, 0) is 22.3 Å². The van der Waals surface area contributed by atoms with Gasteiger partial charge in [0.1, 0.15) is 0 Å². The maximum absolute atomic E-state index is 11.9. The Morgan fingerprint density at radius 1 is 1.25 bits per heavy atom. The highest BCUT2D eigenvalue weighted by atomic mass is 32.2. The average Bonchev–Trinajstić information content (AvgIpc) is 2.90. The molecular weight excluding hydrogens is 282 g/mol. The van der Waals surface area contributed by atoms with Gasteiger partial charge in [-0.05, 0) is 17.7 Å². The lowest BCUT2D eigenvalue weighted by Gasteiger charge is -2.06. The molecule has 0 radical (unpaired) electrons. The number of carbonyl (C=O) groups is 1. The van der Waals surface area contributed by atoms with E-state index in [1.54, 1.807) is 6.20 Å². The molecule has 0 fully saturated rings. The van der Waals surface area contributed by atoms with E-state index >= 15 is 0 Å². The zero-order valence-electron chi connectivity index (χ0n) is 10.4. The third kappa shape index (κ3) is 3.90. The van der Waals surface area contributed by atoms with E-state index in [0.717, 1.165) is 5.56 Å². The molecule has 0 saturated heterocycles. The van der Waals surface area contributed by atoms with Gasteiger partial charge in [-0.15, -0.1) is 0 Å². The van der Waals surface area contributed by atoms with Crippen molar-refractivity contribution in [1.29, 1.82) is 0 Å². The fraction of sp³-hybridized carbons (Fsp3) is 0.167. The molecule has 0 amide bonds. The topological polar surface area (TPSA) is 112 Å². The van der Waals surface area contributed by atoms with E-state index in [0.29, 0.717) is 5.56 Å². The molecule has 0 saturated carbocycles. The molecule has 0 aliphatic heterocycles. The summed E-state index contributed by atoms with van der Waals surface area (Å²) in [6.07, 6.45) is 3.13. The van der Waals surface area contributed by atoms with E-state index in [4.69, 9.17) is 5.11 Å². The maximum atomic E-state index is 11.9. The fourth-order valence-corrected chi connectivity index (χ4v) is 2.70. The Balaban J connectivity index is 1.98. The Morgan fingerprint density at radius 3 is 2.50 bits per heavy atom. The largest absolute Gasteiger partial charge is 0.478 e. The molecule has 0 bridgehead atoms. The third-order valence-electron chi connectivity index (χ3n) is 2.61. The van der Waals surface area contributed by atoms with Crippen molar-refractivity contribution >= 4 is 16.0 Å². The zero-order chi connectivity index (χ0) is 14.6. The van der Waals surface area contributed by atoms with E-state index in [-0.39, 0.29) is 17.9 Å². The number of nitrogens with zero attached hydrogens (tertiary/aromatic N) is 1. The summed E-state index contributed by atoms with van der Waals surface area (Å²) in [4.78, 5) is 10.7. The van der Waals surface area contributed by atoms with Crippen molar-refractivity contribution in [2.45, 2.75) is 12.3 Å². The average molecular weight is 295 g/mol.